The van der Waals surface area contributed by atoms with Crippen LogP contribution in [0.25, 0.3) is 10.9 Å². The van der Waals surface area contributed by atoms with Crippen LogP contribution in [0, 0.1) is 13.8 Å². The van der Waals surface area contributed by atoms with Crippen LogP contribution in [0.5, 0.6) is 0 Å². The Morgan fingerprint density at radius 2 is 2.00 bits per heavy atom. The van der Waals surface area contributed by atoms with Gasteiger partial charge in [-0.1, -0.05) is 18.2 Å². The number of nitrogens with zero attached hydrogens (tertiary/aromatic N) is 4. The van der Waals surface area contributed by atoms with Gasteiger partial charge >= 0.3 is 0 Å². The van der Waals surface area contributed by atoms with E-state index in [-0.39, 0.29) is 11.9 Å². The highest BCUT2D eigenvalue weighted by molar-refractivity contribution is 7.11. The zero-order chi connectivity index (χ0) is 16.7. The molecular formula is C17H20N4OS. The fourth-order valence-electron chi connectivity index (χ4n) is 2.83. The minimum atomic E-state index is -0.0896. The number of hydrogen-bond donors (Lipinski definition) is 0. The summed E-state index contributed by atoms with van der Waals surface area (Å²) in [4.78, 5) is 20.4. The van der Waals surface area contributed by atoms with Crippen LogP contribution < -0.4 is 0 Å². The SMILES string of the molecule is Cc1nc([C@H](C)N(C)C(=O)c2nn(C)c3ccccc23)c(C)s1. The Labute approximate surface area is 139 Å². The van der Waals surface area contributed by atoms with E-state index in [2.05, 4.69) is 10.1 Å². The first kappa shape index (κ1) is 15.7. The number of carbonyl (C=O) groups excluding carboxylic acids is 1. The van der Waals surface area contributed by atoms with Crippen LogP contribution in [0.1, 0.15) is 39.0 Å². The number of rotatable bonds is 3. The Morgan fingerprint density at radius 1 is 1.30 bits per heavy atom. The summed E-state index contributed by atoms with van der Waals surface area (Å²) in [5.41, 5.74) is 2.41. The first-order valence-corrected chi connectivity index (χ1v) is 8.34. The van der Waals surface area contributed by atoms with E-state index in [9.17, 15) is 4.79 Å². The van der Waals surface area contributed by atoms with Gasteiger partial charge in [0.15, 0.2) is 5.69 Å². The van der Waals surface area contributed by atoms with Crippen molar-refractivity contribution in [1.82, 2.24) is 19.7 Å². The molecular weight excluding hydrogens is 308 g/mol. The van der Waals surface area contributed by atoms with E-state index < -0.39 is 0 Å². The predicted molar refractivity (Wildman–Crippen MR) is 92.8 cm³/mol. The maximum Gasteiger partial charge on any atom is 0.275 e. The van der Waals surface area contributed by atoms with Crippen molar-refractivity contribution < 1.29 is 4.79 Å². The van der Waals surface area contributed by atoms with Crippen LogP contribution in [-0.4, -0.2) is 32.6 Å². The van der Waals surface area contributed by atoms with Gasteiger partial charge in [0, 0.05) is 24.4 Å². The van der Waals surface area contributed by atoms with Crippen LogP contribution >= 0.6 is 11.3 Å². The molecule has 3 rings (SSSR count). The van der Waals surface area contributed by atoms with Gasteiger partial charge in [-0.15, -0.1) is 11.3 Å². The fourth-order valence-corrected chi connectivity index (χ4v) is 3.74. The van der Waals surface area contributed by atoms with Gasteiger partial charge in [-0.05, 0) is 26.8 Å². The molecule has 23 heavy (non-hydrogen) atoms. The number of carbonyl (C=O) groups is 1. The smallest absolute Gasteiger partial charge is 0.275 e. The van der Waals surface area contributed by atoms with Crippen molar-refractivity contribution in [2.75, 3.05) is 7.05 Å². The number of para-hydroxylation sites is 1. The molecule has 0 N–H and O–H groups in total. The van der Waals surface area contributed by atoms with Crippen LogP contribution in [0.15, 0.2) is 24.3 Å². The number of benzene rings is 1. The largest absolute Gasteiger partial charge is 0.332 e. The molecule has 1 aromatic carbocycles. The number of amides is 1. The second kappa shape index (κ2) is 5.77. The lowest BCUT2D eigenvalue weighted by atomic mass is 10.1. The highest BCUT2D eigenvalue weighted by Crippen LogP contribution is 2.28. The third-order valence-corrected chi connectivity index (χ3v) is 5.10. The van der Waals surface area contributed by atoms with Crippen molar-refractivity contribution in [3.05, 3.63) is 45.5 Å². The molecule has 0 aliphatic carbocycles. The first-order valence-electron chi connectivity index (χ1n) is 7.53. The van der Waals surface area contributed by atoms with Gasteiger partial charge in [0.1, 0.15) is 0 Å². The van der Waals surface area contributed by atoms with E-state index in [0.29, 0.717) is 5.69 Å². The Hall–Kier alpha value is -2.21. The third kappa shape index (κ3) is 2.63. The molecule has 2 heterocycles. The molecule has 0 unspecified atom stereocenters. The van der Waals surface area contributed by atoms with Gasteiger partial charge < -0.3 is 4.90 Å². The van der Waals surface area contributed by atoms with E-state index in [0.717, 1.165) is 26.5 Å². The molecule has 1 amide bonds. The summed E-state index contributed by atoms with van der Waals surface area (Å²) in [7, 11) is 3.67. The number of aryl methyl sites for hydroxylation is 3. The number of hydrogen-bond acceptors (Lipinski definition) is 4. The van der Waals surface area contributed by atoms with Crippen molar-refractivity contribution in [1.29, 1.82) is 0 Å². The van der Waals surface area contributed by atoms with Gasteiger partial charge in [-0.2, -0.15) is 5.10 Å². The molecule has 0 radical (unpaired) electrons. The Balaban J connectivity index is 1.97. The quantitative estimate of drug-likeness (QED) is 0.739. The number of thiazole rings is 1. The summed E-state index contributed by atoms with van der Waals surface area (Å²) in [6.07, 6.45) is 0. The van der Waals surface area contributed by atoms with Crippen molar-refractivity contribution >= 4 is 28.1 Å². The zero-order valence-electron chi connectivity index (χ0n) is 14.0. The fraction of sp³-hybridized carbons (Fsp3) is 0.353. The molecule has 120 valence electrons. The Kier molecular flexibility index (Phi) is 3.93. The third-order valence-electron chi connectivity index (χ3n) is 4.20. The van der Waals surface area contributed by atoms with Crippen LogP contribution in [-0.2, 0) is 7.05 Å². The topological polar surface area (TPSA) is 51.0 Å². The van der Waals surface area contributed by atoms with Crippen molar-refractivity contribution in [2.24, 2.45) is 7.05 Å². The maximum absolute atomic E-state index is 12.9. The minimum absolute atomic E-state index is 0.0839. The molecule has 1 atom stereocenters. The summed E-state index contributed by atoms with van der Waals surface area (Å²) in [5, 5.41) is 6.32. The van der Waals surface area contributed by atoms with Gasteiger partial charge in [0.2, 0.25) is 0 Å². The summed E-state index contributed by atoms with van der Waals surface area (Å²) >= 11 is 1.66. The van der Waals surface area contributed by atoms with Crippen molar-refractivity contribution in [3.63, 3.8) is 0 Å². The predicted octanol–water partition coefficient (Wildman–Crippen LogP) is 3.48. The Morgan fingerprint density at radius 3 is 2.65 bits per heavy atom. The van der Waals surface area contributed by atoms with Gasteiger partial charge in [-0.3, -0.25) is 9.48 Å². The van der Waals surface area contributed by atoms with E-state index in [1.54, 1.807) is 20.9 Å². The highest BCUT2D eigenvalue weighted by Gasteiger charge is 2.26. The second-order valence-electron chi connectivity index (χ2n) is 5.76. The normalized spacial score (nSPS) is 12.6. The molecule has 3 aromatic rings. The standard InChI is InChI=1S/C17H20N4OS/c1-10(15-11(2)23-12(3)18-15)20(4)17(22)16-13-8-6-7-9-14(13)21(5)19-16/h6-10H,1-5H3/t10-/m0/s1. The van der Waals surface area contributed by atoms with Crippen LogP contribution in [0.3, 0.4) is 0 Å². The lowest BCUT2D eigenvalue weighted by Gasteiger charge is -2.23. The van der Waals surface area contributed by atoms with Crippen molar-refractivity contribution in [2.45, 2.75) is 26.8 Å². The van der Waals surface area contributed by atoms with Crippen molar-refractivity contribution in [3.8, 4) is 0 Å². The molecule has 6 heteroatoms. The lowest BCUT2D eigenvalue weighted by Crippen LogP contribution is -2.30. The maximum atomic E-state index is 12.9. The summed E-state index contributed by atoms with van der Waals surface area (Å²) in [5.74, 6) is -0.0839. The molecule has 5 nitrogen and oxygen atoms in total. The summed E-state index contributed by atoms with van der Waals surface area (Å²) < 4.78 is 1.75. The molecule has 0 aliphatic rings. The van der Waals surface area contributed by atoms with E-state index in [1.807, 2.05) is 59.1 Å². The first-order chi connectivity index (χ1) is 10.9. The van der Waals surface area contributed by atoms with Gasteiger partial charge in [0.25, 0.3) is 5.91 Å². The average Bonchev–Trinajstić information content (AvgIpc) is 3.05. The van der Waals surface area contributed by atoms with E-state index in [4.69, 9.17) is 0 Å². The molecule has 0 saturated heterocycles. The summed E-state index contributed by atoms with van der Waals surface area (Å²) in [6.45, 7) is 6.04. The Bertz CT molecular complexity index is 880. The molecule has 0 fully saturated rings. The molecule has 0 aliphatic heterocycles. The minimum Gasteiger partial charge on any atom is -0.332 e. The monoisotopic (exact) mass is 328 g/mol. The van der Waals surface area contributed by atoms with Gasteiger partial charge in [0.05, 0.1) is 22.3 Å². The lowest BCUT2D eigenvalue weighted by molar-refractivity contribution is 0.0735. The summed E-state index contributed by atoms with van der Waals surface area (Å²) in [6, 6.07) is 7.70. The average molecular weight is 328 g/mol. The van der Waals surface area contributed by atoms with E-state index in [1.165, 1.54) is 0 Å². The number of fused-ring (bicyclic) bond motifs is 1. The molecule has 0 saturated carbocycles. The second-order valence-corrected chi connectivity index (χ2v) is 7.16. The zero-order valence-corrected chi connectivity index (χ0v) is 14.8. The van der Waals surface area contributed by atoms with Crippen LogP contribution in [0.4, 0.5) is 0 Å². The van der Waals surface area contributed by atoms with E-state index >= 15 is 0 Å². The van der Waals surface area contributed by atoms with Gasteiger partial charge in [-0.25, -0.2) is 4.98 Å². The molecule has 0 spiro atoms. The highest BCUT2D eigenvalue weighted by atomic mass is 32.1. The number of aromatic nitrogens is 3. The molecule has 0 bridgehead atoms. The van der Waals surface area contributed by atoms with Crippen LogP contribution in [0.2, 0.25) is 0 Å². The molecule has 2 aromatic heterocycles.